The van der Waals surface area contributed by atoms with Crippen molar-refractivity contribution >= 4 is 60.5 Å². The maximum atomic E-state index is 6.55. The molecule has 11 rings (SSSR count). The average Bonchev–Trinajstić information content (AvgIpc) is 3.68. The number of nitrogens with zero attached hydrogens (tertiary/aromatic N) is 1. The van der Waals surface area contributed by atoms with E-state index in [2.05, 4.69) is 229 Å². The van der Waals surface area contributed by atoms with Crippen molar-refractivity contribution in [2.45, 2.75) is 0 Å². The molecule has 1 aromatic heterocycles. The van der Waals surface area contributed by atoms with Crippen LogP contribution in [-0.2, 0) is 0 Å². The second kappa shape index (κ2) is 14.1. The van der Waals surface area contributed by atoms with Gasteiger partial charge < -0.3 is 9.32 Å². The van der Waals surface area contributed by atoms with Crippen molar-refractivity contribution in [2.75, 3.05) is 4.90 Å². The molecule has 272 valence electrons. The predicted molar refractivity (Wildman–Crippen MR) is 245 cm³/mol. The first-order chi connectivity index (χ1) is 28.8. The van der Waals surface area contributed by atoms with Gasteiger partial charge in [-0.25, -0.2) is 0 Å². The fraction of sp³-hybridized carbons (Fsp3) is 0. The Balaban J connectivity index is 1.11. The zero-order valence-corrected chi connectivity index (χ0v) is 31.7. The molecule has 0 fully saturated rings. The standard InChI is InChI=1S/C56H37NO/c1-2-14-38(15-3-1)39-28-30-42(31-29-39)48-22-8-10-26-53(48)57(45-20-12-19-43(36-45)47-25-13-18-40-16-4-6-21-46(40)47)54-27-11-9-23-49(54)44-33-35-55-52(37-44)51-34-32-41-17-5-7-24-50(41)56(51)58-55/h1-37H. The van der Waals surface area contributed by atoms with E-state index in [1.165, 1.54) is 38.4 Å². The minimum atomic E-state index is 0.886. The number of para-hydroxylation sites is 2. The van der Waals surface area contributed by atoms with Gasteiger partial charge in [0.1, 0.15) is 11.2 Å². The van der Waals surface area contributed by atoms with Crippen molar-refractivity contribution in [3.05, 3.63) is 224 Å². The first-order valence-electron chi connectivity index (χ1n) is 19.8. The van der Waals surface area contributed by atoms with E-state index in [1.807, 2.05) is 0 Å². The van der Waals surface area contributed by atoms with Crippen LogP contribution >= 0.6 is 0 Å². The zero-order valence-electron chi connectivity index (χ0n) is 31.7. The van der Waals surface area contributed by atoms with E-state index in [4.69, 9.17) is 4.42 Å². The summed E-state index contributed by atoms with van der Waals surface area (Å²) in [5, 5.41) is 7.00. The maximum Gasteiger partial charge on any atom is 0.143 e. The highest BCUT2D eigenvalue weighted by Gasteiger charge is 2.22. The van der Waals surface area contributed by atoms with Crippen LogP contribution in [0.1, 0.15) is 0 Å². The molecular weight excluding hydrogens is 703 g/mol. The average molecular weight is 740 g/mol. The molecule has 0 unspecified atom stereocenters. The Morgan fingerprint density at radius 3 is 1.62 bits per heavy atom. The predicted octanol–water partition coefficient (Wildman–Crippen LogP) is 16.0. The molecular formula is C56H37NO. The highest BCUT2D eigenvalue weighted by molar-refractivity contribution is 6.15. The van der Waals surface area contributed by atoms with Crippen molar-refractivity contribution in [3.63, 3.8) is 0 Å². The Hall–Kier alpha value is -7.68. The molecule has 0 atom stereocenters. The Labute approximate surface area is 337 Å². The van der Waals surface area contributed by atoms with Crippen LogP contribution in [0, 0.1) is 0 Å². The third kappa shape index (κ3) is 5.82. The van der Waals surface area contributed by atoms with Gasteiger partial charge in [-0.3, -0.25) is 0 Å². The molecule has 10 aromatic carbocycles. The Morgan fingerprint density at radius 2 is 0.828 bits per heavy atom. The lowest BCUT2D eigenvalue weighted by Gasteiger charge is -2.30. The van der Waals surface area contributed by atoms with Crippen LogP contribution in [0.5, 0.6) is 0 Å². The van der Waals surface area contributed by atoms with Crippen LogP contribution in [0.15, 0.2) is 229 Å². The van der Waals surface area contributed by atoms with Crippen LogP contribution in [0.2, 0.25) is 0 Å². The quantitative estimate of drug-likeness (QED) is 0.162. The van der Waals surface area contributed by atoms with Gasteiger partial charge in [0.2, 0.25) is 0 Å². The first-order valence-corrected chi connectivity index (χ1v) is 19.8. The van der Waals surface area contributed by atoms with Crippen molar-refractivity contribution in [3.8, 4) is 44.5 Å². The van der Waals surface area contributed by atoms with E-state index in [-0.39, 0.29) is 0 Å². The molecule has 0 aliphatic heterocycles. The molecule has 2 heteroatoms. The monoisotopic (exact) mass is 739 g/mol. The molecule has 58 heavy (non-hydrogen) atoms. The smallest absolute Gasteiger partial charge is 0.143 e. The van der Waals surface area contributed by atoms with Gasteiger partial charge in [-0.05, 0) is 92.0 Å². The van der Waals surface area contributed by atoms with E-state index >= 15 is 0 Å². The Kier molecular flexibility index (Phi) is 8.19. The molecule has 0 aliphatic carbocycles. The summed E-state index contributed by atoms with van der Waals surface area (Å²) in [6, 6.07) is 80.8. The van der Waals surface area contributed by atoms with E-state index in [0.29, 0.717) is 0 Å². The minimum absolute atomic E-state index is 0.886. The number of benzene rings is 10. The van der Waals surface area contributed by atoms with Gasteiger partial charge in [0.15, 0.2) is 0 Å². The molecule has 0 saturated heterocycles. The fourth-order valence-corrected chi connectivity index (χ4v) is 8.67. The van der Waals surface area contributed by atoms with Gasteiger partial charge in [0.05, 0.1) is 11.4 Å². The summed E-state index contributed by atoms with van der Waals surface area (Å²) in [6.45, 7) is 0. The maximum absolute atomic E-state index is 6.55. The van der Waals surface area contributed by atoms with Gasteiger partial charge in [0.25, 0.3) is 0 Å². The van der Waals surface area contributed by atoms with Crippen LogP contribution in [0.25, 0.3) is 88.0 Å². The summed E-state index contributed by atoms with van der Waals surface area (Å²) in [7, 11) is 0. The van der Waals surface area contributed by atoms with Crippen molar-refractivity contribution in [1.82, 2.24) is 0 Å². The summed E-state index contributed by atoms with van der Waals surface area (Å²) in [6.07, 6.45) is 0. The molecule has 0 radical (unpaired) electrons. The molecule has 2 nitrogen and oxygen atoms in total. The zero-order chi connectivity index (χ0) is 38.4. The summed E-state index contributed by atoms with van der Waals surface area (Å²) in [5.74, 6) is 0. The van der Waals surface area contributed by atoms with E-state index < -0.39 is 0 Å². The normalized spacial score (nSPS) is 11.4. The summed E-state index contributed by atoms with van der Waals surface area (Å²) in [5.41, 5.74) is 14.4. The van der Waals surface area contributed by atoms with Crippen molar-refractivity contribution in [1.29, 1.82) is 0 Å². The number of furan rings is 1. The van der Waals surface area contributed by atoms with Crippen LogP contribution in [0.4, 0.5) is 17.1 Å². The third-order valence-corrected chi connectivity index (χ3v) is 11.5. The van der Waals surface area contributed by atoms with Gasteiger partial charge in [-0.1, -0.05) is 182 Å². The lowest BCUT2D eigenvalue weighted by molar-refractivity contribution is 0.672. The summed E-state index contributed by atoms with van der Waals surface area (Å²) in [4.78, 5) is 2.44. The number of hydrogen-bond donors (Lipinski definition) is 0. The molecule has 0 spiro atoms. The van der Waals surface area contributed by atoms with Gasteiger partial charge in [0, 0.05) is 33.0 Å². The summed E-state index contributed by atoms with van der Waals surface area (Å²) >= 11 is 0. The Morgan fingerprint density at radius 1 is 0.293 bits per heavy atom. The minimum Gasteiger partial charge on any atom is -0.455 e. The van der Waals surface area contributed by atoms with Crippen molar-refractivity contribution in [2.24, 2.45) is 0 Å². The number of fused-ring (bicyclic) bond motifs is 6. The lowest BCUT2D eigenvalue weighted by atomic mass is 9.95. The second-order valence-corrected chi connectivity index (χ2v) is 14.9. The topological polar surface area (TPSA) is 16.4 Å². The van der Waals surface area contributed by atoms with Crippen LogP contribution < -0.4 is 4.90 Å². The van der Waals surface area contributed by atoms with Gasteiger partial charge >= 0.3 is 0 Å². The fourth-order valence-electron chi connectivity index (χ4n) is 8.67. The van der Waals surface area contributed by atoms with Gasteiger partial charge in [-0.15, -0.1) is 0 Å². The largest absolute Gasteiger partial charge is 0.455 e. The van der Waals surface area contributed by atoms with Crippen LogP contribution in [0.3, 0.4) is 0 Å². The van der Waals surface area contributed by atoms with Crippen LogP contribution in [-0.4, -0.2) is 0 Å². The molecule has 1 heterocycles. The molecule has 0 bridgehead atoms. The second-order valence-electron chi connectivity index (χ2n) is 14.9. The summed E-state index contributed by atoms with van der Waals surface area (Å²) < 4.78 is 6.55. The highest BCUT2D eigenvalue weighted by Crippen LogP contribution is 2.47. The first kappa shape index (κ1) is 33.6. The van der Waals surface area contributed by atoms with Gasteiger partial charge in [-0.2, -0.15) is 0 Å². The van der Waals surface area contributed by atoms with E-state index in [1.54, 1.807) is 0 Å². The van der Waals surface area contributed by atoms with Crippen molar-refractivity contribution < 1.29 is 4.42 Å². The molecule has 0 amide bonds. The molecule has 0 N–H and O–H groups in total. The SMILES string of the molecule is c1ccc(-c2ccc(-c3ccccc3N(c3cccc(-c4cccc5ccccc45)c3)c3ccccc3-c3ccc4oc5c6ccccc6ccc5c4c3)cc2)cc1. The third-order valence-electron chi connectivity index (χ3n) is 11.5. The number of rotatable bonds is 7. The number of hydrogen-bond acceptors (Lipinski definition) is 2. The molecule has 11 aromatic rings. The van der Waals surface area contributed by atoms with E-state index in [9.17, 15) is 0 Å². The lowest BCUT2D eigenvalue weighted by Crippen LogP contribution is -2.12. The van der Waals surface area contributed by atoms with E-state index in [0.717, 1.165) is 66.6 Å². The number of anilines is 3. The Bertz CT molecular complexity index is 3280. The highest BCUT2D eigenvalue weighted by atomic mass is 16.3. The molecule has 0 saturated carbocycles. The molecule has 0 aliphatic rings.